The molecule has 0 atom stereocenters. The number of nitrogens with zero attached hydrogens (tertiary/aromatic N) is 1. The summed E-state index contributed by atoms with van der Waals surface area (Å²) in [5.74, 6) is -1.21. The summed E-state index contributed by atoms with van der Waals surface area (Å²) < 4.78 is 51.2. The van der Waals surface area contributed by atoms with Crippen molar-refractivity contribution in [1.82, 2.24) is 15.3 Å². The van der Waals surface area contributed by atoms with Gasteiger partial charge in [-0.15, -0.1) is 0 Å². The number of benzene rings is 2. The fourth-order valence-corrected chi connectivity index (χ4v) is 3.06. The highest BCUT2D eigenvalue weighted by molar-refractivity contribution is 6.07. The van der Waals surface area contributed by atoms with Crippen molar-refractivity contribution >= 4 is 27.7 Å². The van der Waals surface area contributed by atoms with E-state index in [9.17, 15) is 22.4 Å². The molecule has 2 N–H and O–H groups in total. The largest absolute Gasteiger partial charge is 0.405 e. The monoisotopic (exact) mass is 387 g/mol. The van der Waals surface area contributed by atoms with Crippen molar-refractivity contribution in [2.75, 3.05) is 6.54 Å². The quantitative estimate of drug-likeness (QED) is 0.496. The van der Waals surface area contributed by atoms with Crippen LogP contribution >= 0.6 is 0 Å². The van der Waals surface area contributed by atoms with Crippen molar-refractivity contribution in [3.05, 3.63) is 66.1 Å². The van der Waals surface area contributed by atoms with E-state index in [2.05, 4.69) is 9.97 Å². The third-order valence-electron chi connectivity index (χ3n) is 4.36. The maximum absolute atomic E-state index is 13.9. The summed E-state index contributed by atoms with van der Waals surface area (Å²) in [6.45, 7) is -1.42. The van der Waals surface area contributed by atoms with Gasteiger partial charge in [-0.3, -0.25) is 9.78 Å². The molecule has 8 heteroatoms. The number of fused-ring (bicyclic) bond motifs is 2. The summed E-state index contributed by atoms with van der Waals surface area (Å²) in [5.41, 5.74) is 2.43. The molecule has 142 valence electrons. The Labute approximate surface area is 156 Å². The van der Waals surface area contributed by atoms with E-state index in [1.807, 2.05) is 5.32 Å². The number of carbonyl (C=O) groups excluding carboxylic acids is 1. The first kappa shape index (κ1) is 18.0. The standard InChI is InChI=1S/C20H13F4N3O/c21-15-2-1-3-17-14(15)9-18(27-17)11-4-5-16-13(8-11)12(6-7-25-16)19(28)26-10-20(22,23)24/h1-9,27H,10H2,(H,26,28). The molecular weight excluding hydrogens is 374 g/mol. The lowest BCUT2D eigenvalue weighted by Crippen LogP contribution is -2.33. The van der Waals surface area contributed by atoms with Gasteiger partial charge >= 0.3 is 6.18 Å². The van der Waals surface area contributed by atoms with E-state index in [4.69, 9.17) is 0 Å². The number of H-pyrrole nitrogens is 1. The Balaban J connectivity index is 1.77. The number of halogens is 4. The number of rotatable bonds is 3. The van der Waals surface area contributed by atoms with Crippen LogP contribution in [-0.4, -0.2) is 28.6 Å². The van der Waals surface area contributed by atoms with Gasteiger partial charge in [-0.25, -0.2) is 4.39 Å². The highest BCUT2D eigenvalue weighted by Crippen LogP contribution is 2.29. The molecule has 2 aromatic carbocycles. The second-order valence-electron chi connectivity index (χ2n) is 6.27. The Bertz CT molecular complexity index is 1200. The number of aromatic amines is 1. The van der Waals surface area contributed by atoms with Crippen LogP contribution in [0.4, 0.5) is 17.6 Å². The zero-order valence-corrected chi connectivity index (χ0v) is 14.3. The van der Waals surface area contributed by atoms with Crippen molar-refractivity contribution in [2.24, 2.45) is 0 Å². The molecule has 4 rings (SSSR count). The van der Waals surface area contributed by atoms with E-state index < -0.39 is 18.6 Å². The lowest BCUT2D eigenvalue weighted by molar-refractivity contribution is -0.123. The Hall–Kier alpha value is -3.42. The van der Waals surface area contributed by atoms with Crippen molar-refractivity contribution < 1.29 is 22.4 Å². The Morgan fingerprint density at radius 1 is 1.07 bits per heavy atom. The minimum Gasteiger partial charge on any atom is -0.354 e. The van der Waals surface area contributed by atoms with Gasteiger partial charge in [0.15, 0.2) is 0 Å². The molecule has 28 heavy (non-hydrogen) atoms. The lowest BCUT2D eigenvalue weighted by atomic mass is 10.0. The van der Waals surface area contributed by atoms with E-state index in [0.717, 1.165) is 0 Å². The van der Waals surface area contributed by atoms with Crippen molar-refractivity contribution in [3.8, 4) is 11.3 Å². The summed E-state index contributed by atoms with van der Waals surface area (Å²) >= 11 is 0. The summed E-state index contributed by atoms with van der Waals surface area (Å²) in [6, 6.07) is 12.7. The zero-order valence-electron chi connectivity index (χ0n) is 14.3. The Morgan fingerprint density at radius 2 is 1.89 bits per heavy atom. The molecule has 2 aromatic heterocycles. The molecule has 0 saturated carbocycles. The van der Waals surface area contributed by atoms with Gasteiger partial charge in [-0.1, -0.05) is 12.1 Å². The first-order valence-electron chi connectivity index (χ1n) is 8.33. The average molecular weight is 387 g/mol. The zero-order chi connectivity index (χ0) is 19.9. The van der Waals surface area contributed by atoms with Gasteiger partial charge in [0.2, 0.25) is 0 Å². The highest BCUT2D eigenvalue weighted by atomic mass is 19.4. The normalized spacial score (nSPS) is 11.9. The summed E-state index contributed by atoms with van der Waals surface area (Å²) in [4.78, 5) is 19.5. The Morgan fingerprint density at radius 3 is 2.64 bits per heavy atom. The summed E-state index contributed by atoms with van der Waals surface area (Å²) in [6.07, 6.45) is -3.14. The molecule has 0 spiro atoms. The van der Waals surface area contributed by atoms with Crippen molar-refractivity contribution in [3.63, 3.8) is 0 Å². The van der Waals surface area contributed by atoms with E-state index in [0.29, 0.717) is 33.1 Å². The molecule has 0 unspecified atom stereocenters. The molecule has 0 aliphatic carbocycles. The number of nitrogens with one attached hydrogen (secondary N) is 2. The minimum atomic E-state index is -4.50. The van der Waals surface area contributed by atoms with Crippen LogP contribution in [0, 0.1) is 5.82 Å². The van der Waals surface area contributed by atoms with Crippen LogP contribution in [0.3, 0.4) is 0 Å². The second-order valence-corrected chi connectivity index (χ2v) is 6.27. The molecular formula is C20H13F4N3O. The number of hydrogen-bond acceptors (Lipinski definition) is 2. The molecule has 0 fully saturated rings. The van der Waals surface area contributed by atoms with Gasteiger partial charge in [-0.05, 0) is 42.0 Å². The predicted octanol–water partition coefficient (Wildman–Crippen LogP) is 4.81. The number of hydrogen-bond donors (Lipinski definition) is 2. The summed E-state index contributed by atoms with van der Waals surface area (Å²) in [7, 11) is 0. The Kier molecular flexibility index (Phi) is 4.26. The fraction of sp³-hybridized carbons (Fsp3) is 0.100. The summed E-state index contributed by atoms with van der Waals surface area (Å²) in [5, 5.41) is 2.69. The smallest absolute Gasteiger partial charge is 0.354 e. The minimum absolute atomic E-state index is 0.0818. The van der Waals surface area contributed by atoms with Crippen LogP contribution in [0.1, 0.15) is 10.4 Å². The number of carbonyl (C=O) groups is 1. The van der Waals surface area contributed by atoms with E-state index in [-0.39, 0.29) is 11.4 Å². The van der Waals surface area contributed by atoms with Gasteiger partial charge in [0.1, 0.15) is 12.4 Å². The van der Waals surface area contributed by atoms with E-state index >= 15 is 0 Å². The van der Waals surface area contributed by atoms with Crippen molar-refractivity contribution in [1.29, 1.82) is 0 Å². The highest BCUT2D eigenvalue weighted by Gasteiger charge is 2.28. The topological polar surface area (TPSA) is 57.8 Å². The predicted molar refractivity (Wildman–Crippen MR) is 97.4 cm³/mol. The molecule has 0 saturated heterocycles. The van der Waals surface area contributed by atoms with Gasteiger partial charge < -0.3 is 10.3 Å². The van der Waals surface area contributed by atoms with Crippen LogP contribution in [0.2, 0.25) is 0 Å². The third-order valence-corrected chi connectivity index (χ3v) is 4.36. The SMILES string of the molecule is O=C(NCC(F)(F)F)c1ccnc2ccc(-c3cc4c(F)cccc4[nH]3)cc12. The first-order chi connectivity index (χ1) is 13.3. The molecule has 2 heterocycles. The van der Waals surface area contributed by atoms with Crippen LogP contribution in [0.5, 0.6) is 0 Å². The third kappa shape index (κ3) is 3.40. The molecule has 0 aliphatic heterocycles. The van der Waals surface area contributed by atoms with Gasteiger partial charge in [0.25, 0.3) is 5.91 Å². The number of alkyl halides is 3. The molecule has 4 nitrogen and oxygen atoms in total. The van der Waals surface area contributed by atoms with Gasteiger partial charge in [-0.2, -0.15) is 13.2 Å². The number of aromatic nitrogens is 2. The maximum Gasteiger partial charge on any atom is 0.405 e. The van der Waals surface area contributed by atoms with Crippen LogP contribution in [0.15, 0.2) is 54.7 Å². The number of pyridine rings is 1. The molecule has 0 radical (unpaired) electrons. The van der Waals surface area contributed by atoms with Crippen LogP contribution in [0.25, 0.3) is 33.1 Å². The first-order valence-corrected chi connectivity index (χ1v) is 8.33. The maximum atomic E-state index is 13.9. The van der Waals surface area contributed by atoms with Gasteiger partial charge in [0, 0.05) is 28.2 Å². The van der Waals surface area contributed by atoms with Gasteiger partial charge in [0.05, 0.1) is 11.1 Å². The second kappa shape index (κ2) is 6.63. The average Bonchev–Trinajstić information content (AvgIpc) is 3.10. The van der Waals surface area contributed by atoms with Crippen molar-refractivity contribution in [2.45, 2.75) is 6.18 Å². The number of amides is 1. The fourth-order valence-electron chi connectivity index (χ4n) is 3.06. The van der Waals surface area contributed by atoms with E-state index in [1.54, 1.807) is 36.4 Å². The molecule has 4 aromatic rings. The molecule has 1 amide bonds. The molecule has 0 bridgehead atoms. The lowest BCUT2D eigenvalue weighted by Gasteiger charge is -2.10. The van der Waals surface area contributed by atoms with Crippen LogP contribution < -0.4 is 5.32 Å². The van der Waals surface area contributed by atoms with E-state index in [1.165, 1.54) is 18.3 Å². The van der Waals surface area contributed by atoms with Crippen LogP contribution in [-0.2, 0) is 0 Å². The molecule has 0 aliphatic rings.